The molecule has 1 N–H and O–H groups in total. The first kappa shape index (κ1) is 22.9. The van der Waals surface area contributed by atoms with Gasteiger partial charge < -0.3 is 10.1 Å². The highest BCUT2D eigenvalue weighted by Crippen LogP contribution is 2.39. The highest BCUT2D eigenvalue weighted by molar-refractivity contribution is 8.00. The molecule has 0 bridgehead atoms. The van der Waals surface area contributed by atoms with Crippen molar-refractivity contribution < 1.29 is 14.3 Å². The number of hydrogen-bond acceptors (Lipinski definition) is 7. The topological polar surface area (TPSA) is 81.2 Å². The van der Waals surface area contributed by atoms with Gasteiger partial charge in [0.15, 0.2) is 0 Å². The molecule has 0 aliphatic heterocycles. The van der Waals surface area contributed by atoms with Crippen molar-refractivity contribution in [1.82, 2.24) is 9.97 Å². The number of thiophene rings is 1. The maximum absolute atomic E-state index is 13.1. The maximum Gasteiger partial charge on any atom is 0.338 e. The number of hydrogen-bond donors (Lipinski definition) is 1. The maximum atomic E-state index is 13.1. The number of rotatable bonds is 8. The standard InChI is InChI=1S/C25H23N3O3S2/c1-3-20(22(29)28-18-12-8-11-17(13-18)25(30)31-4-2)33-24-21-19(16-9-6-5-7-10-16)14-32-23(21)26-15-27-24/h5-15,20H,3-4H2,1-2H3,(H,28,29). The molecule has 2 aromatic carbocycles. The van der Waals surface area contributed by atoms with E-state index in [1.807, 2.05) is 25.1 Å². The summed E-state index contributed by atoms with van der Waals surface area (Å²) >= 11 is 3.00. The Morgan fingerprint density at radius 1 is 1.09 bits per heavy atom. The van der Waals surface area contributed by atoms with Gasteiger partial charge in [-0.15, -0.1) is 11.3 Å². The van der Waals surface area contributed by atoms with Gasteiger partial charge in [-0.25, -0.2) is 14.8 Å². The van der Waals surface area contributed by atoms with Gasteiger partial charge in [-0.05, 0) is 37.1 Å². The van der Waals surface area contributed by atoms with E-state index in [-0.39, 0.29) is 11.2 Å². The summed E-state index contributed by atoms with van der Waals surface area (Å²) in [6.45, 7) is 4.02. The number of amides is 1. The molecule has 8 heteroatoms. The lowest BCUT2D eigenvalue weighted by Gasteiger charge is -2.15. The Morgan fingerprint density at radius 2 is 1.91 bits per heavy atom. The minimum absolute atomic E-state index is 0.147. The number of benzene rings is 2. The number of anilines is 1. The normalized spacial score (nSPS) is 11.8. The summed E-state index contributed by atoms with van der Waals surface area (Å²) in [5.41, 5.74) is 3.11. The van der Waals surface area contributed by atoms with E-state index in [0.717, 1.165) is 26.4 Å². The molecule has 33 heavy (non-hydrogen) atoms. The molecule has 2 heterocycles. The molecule has 1 atom stereocenters. The van der Waals surface area contributed by atoms with E-state index >= 15 is 0 Å². The second kappa shape index (κ2) is 10.6. The molecule has 0 spiro atoms. The summed E-state index contributed by atoms with van der Waals surface area (Å²) in [6, 6.07) is 16.9. The van der Waals surface area contributed by atoms with E-state index < -0.39 is 5.97 Å². The number of thioether (sulfide) groups is 1. The van der Waals surface area contributed by atoms with E-state index in [4.69, 9.17) is 4.74 Å². The van der Waals surface area contributed by atoms with Crippen LogP contribution in [-0.2, 0) is 9.53 Å². The van der Waals surface area contributed by atoms with Crippen LogP contribution in [0.2, 0.25) is 0 Å². The quantitative estimate of drug-likeness (QED) is 0.189. The third-order valence-corrected chi connectivity index (χ3v) is 7.23. The van der Waals surface area contributed by atoms with Crippen molar-refractivity contribution in [3.05, 3.63) is 71.9 Å². The number of nitrogens with zero attached hydrogens (tertiary/aromatic N) is 2. The van der Waals surface area contributed by atoms with Crippen LogP contribution in [0.5, 0.6) is 0 Å². The Morgan fingerprint density at radius 3 is 2.67 bits per heavy atom. The van der Waals surface area contributed by atoms with Gasteiger partial charge in [0.1, 0.15) is 16.2 Å². The summed E-state index contributed by atoms with van der Waals surface area (Å²) < 4.78 is 5.05. The summed E-state index contributed by atoms with van der Waals surface area (Å²) in [5, 5.41) is 6.40. The van der Waals surface area contributed by atoms with Gasteiger partial charge in [0, 0.05) is 16.6 Å². The number of fused-ring (bicyclic) bond motifs is 1. The van der Waals surface area contributed by atoms with Crippen LogP contribution in [0.3, 0.4) is 0 Å². The molecule has 0 aliphatic carbocycles. The number of esters is 1. The highest BCUT2D eigenvalue weighted by atomic mass is 32.2. The lowest BCUT2D eigenvalue weighted by molar-refractivity contribution is -0.115. The van der Waals surface area contributed by atoms with Crippen LogP contribution in [0, 0.1) is 0 Å². The summed E-state index contributed by atoms with van der Waals surface area (Å²) in [4.78, 5) is 34.9. The first-order valence-corrected chi connectivity index (χ1v) is 12.4. The predicted octanol–water partition coefficient (Wildman–Crippen LogP) is 6.04. The lowest BCUT2D eigenvalue weighted by Crippen LogP contribution is -2.24. The fourth-order valence-corrected chi connectivity index (χ4v) is 5.40. The highest BCUT2D eigenvalue weighted by Gasteiger charge is 2.22. The third-order valence-electron chi connectivity index (χ3n) is 4.98. The Bertz CT molecular complexity index is 1270. The zero-order chi connectivity index (χ0) is 23.2. The van der Waals surface area contributed by atoms with Crippen molar-refractivity contribution in [3.63, 3.8) is 0 Å². The molecular formula is C25H23N3O3S2. The van der Waals surface area contributed by atoms with Gasteiger partial charge in [-0.2, -0.15) is 0 Å². The molecule has 0 saturated heterocycles. The van der Waals surface area contributed by atoms with E-state index in [1.165, 1.54) is 11.8 Å². The second-order valence-electron chi connectivity index (χ2n) is 7.18. The molecule has 0 aliphatic rings. The number of aromatic nitrogens is 2. The SMILES string of the molecule is CCOC(=O)c1cccc(NC(=O)C(CC)Sc2ncnc3scc(-c4ccccc4)c23)c1. The van der Waals surface area contributed by atoms with Crippen LogP contribution in [0.1, 0.15) is 30.6 Å². The monoisotopic (exact) mass is 477 g/mol. The molecule has 1 amide bonds. The molecule has 0 fully saturated rings. The largest absolute Gasteiger partial charge is 0.462 e. The van der Waals surface area contributed by atoms with Gasteiger partial charge in [0.2, 0.25) is 5.91 Å². The average Bonchev–Trinajstić information content (AvgIpc) is 3.28. The van der Waals surface area contributed by atoms with Crippen LogP contribution in [0.15, 0.2) is 71.3 Å². The van der Waals surface area contributed by atoms with Crippen LogP contribution >= 0.6 is 23.1 Å². The minimum atomic E-state index is -0.413. The van der Waals surface area contributed by atoms with E-state index in [9.17, 15) is 9.59 Å². The van der Waals surface area contributed by atoms with Crippen molar-refractivity contribution in [2.45, 2.75) is 30.5 Å². The van der Waals surface area contributed by atoms with Gasteiger partial charge in [0.05, 0.1) is 22.8 Å². The predicted molar refractivity (Wildman–Crippen MR) is 134 cm³/mol. The van der Waals surface area contributed by atoms with Crippen molar-refractivity contribution in [2.75, 3.05) is 11.9 Å². The lowest BCUT2D eigenvalue weighted by atomic mass is 10.1. The zero-order valence-electron chi connectivity index (χ0n) is 18.3. The van der Waals surface area contributed by atoms with Crippen molar-refractivity contribution in [3.8, 4) is 11.1 Å². The molecule has 4 aromatic rings. The fourth-order valence-electron chi connectivity index (χ4n) is 3.39. The number of carbonyl (C=O) groups excluding carboxylic acids is 2. The Balaban J connectivity index is 1.57. The summed E-state index contributed by atoms with van der Waals surface area (Å²) in [6.07, 6.45) is 2.16. The smallest absolute Gasteiger partial charge is 0.338 e. The van der Waals surface area contributed by atoms with Crippen LogP contribution in [0.25, 0.3) is 21.3 Å². The molecule has 168 valence electrons. The zero-order valence-corrected chi connectivity index (χ0v) is 19.9. The number of carbonyl (C=O) groups is 2. The van der Waals surface area contributed by atoms with Crippen molar-refractivity contribution in [1.29, 1.82) is 0 Å². The Labute approximate surface area is 200 Å². The van der Waals surface area contributed by atoms with E-state index in [0.29, 0.717) is 24.3 Å². The Kier molecular flexibility index (Phi) is 7.36. The number of nitrogens with one attached hydrogen (secondary N) is 1. The second-order valence-corrected chi connectivity index (χ2v) is 9.23. The van der Waals surface area contributed by atoms with Crippen molar-refractivity contribution in [2.24, 2.45) is 0 Å². The molecule has 0 saturated carbocycles. The third kappa shape index (κ3) is 5.23. The van der Waals surface area contributed by atoms with Gasteiger partial charge in [0.25, 0.3) is 0 Å². The summed E-state index contributed by atoms with van der Waals surface area (Å²) in [7, 11) is 0. The Hall–Kier alpha value is -3.23. The van der Waals surface area contributed by atoms with Crippen LogP contribution in [0.4, 0.5) is 5.69 Å². The van der Waals surface area contributed by atoms with E-state index in [1.54, 1.807) is 48.9 Å². The first-order valence-electron chi connectivity index (χ1n) is 10.6. The molecule has 1 unspecified atom stereocenters. The fraction of sp³-hybridized carbons (Fsp3) is 0.200. The molecular weight excluding hydrogens is 454 g/mol. The molecule has 4 rings (SSSR count). The van der Waals surface area contributed by atoms with Crippen LogP contribution < -0.4 is 5.32 Å². The van der Waals surface area contributed by atoms with Crippen molar-refractivity contribution >= 4 is 50.9 Å². The first-order chi connectivity index (χ1) is 16.1. The minimum Gasteiger partial charge on any atom is -0.462 e. The number of ether oxygens (including phenoxy) is 1. The average molecular weight is 478 g/mol. The molecule has 0 radical (unpaired) electrons. The van der Waals surface area contributed by atoms with Gasteiger partial charge in [-0.1, -0.05) is 55.1 Å². The molecule has 2 aromatic heterocycles. The summed E-state index contributed by atoms with van der Waals surface area (Å²) in [5.74, 6) is -0.559. The van der Waals surface area contributed by atoms with Gasteiger partial charge in [-0.3, -0.25) is 4.79 Å². The van der Waals surface area contributed by atoms with Crippen LogP contribution in [-0.4, -0.2) is 33.7 Å². The van der Waals surface area contributed by atoms with E-state index in [2.05, 4.69) is 32.8 Å². The molecule has 6 nitrogen and oxygen atoms in total. The van der Waals surface area contributed by atoms with Gasteiger partial charge >= 0.3 is 5.97 Å².